The number of halogens is 7. The molecule has 0 aliphatic carbocycles. The molecule has 3 atom stereocenters. The Kier molecular flexibility index (Phi) is 18.8. The second-order valence-corrected chi connectivity index (χ2v) is 13.8. The summed E-state index contributed by atoms with van der Waals surface area (Å²) in [6.07, 6.45) is 8.82. The molecule has 57 heavy (non-hydrogen) atoms. The van der Waals surface area contributed by atoms with Crippen molar-refractivity contribution < 1.29 is 42.3 Å². The third kappa shape index (κ3) is 15.7. The zero-order chi connectivity index (χ0) is 42.1. The summed E-state index contributed by atoms with van der Waals surface area (Å²) in [6.45, 7) is 1.06. The quantitative estimate of drug-likeness (QED) is 0.121. The summed E-state index contributed by atoms with van der Waals surface area (Å²) in [4.78, 5) is 57.7. The van der Waals surface area contributed by atoms with E-state index in [0.29, 0.717) is 37.4 Å². The molecule has 0 spiro atoms. The maximum Gasteiger partial charge on any atom is 0.328 e. The standard InChI is InChI=1S/C21H23ClFN5O3.C9H5Cl2FO.C9H6ClFO2/c22-15-5-3-13(17(23)11-15)4-6-19(29)28-18(2-1-8-26-28)21(31)27-16(12-24)10-14-7-9-25-20(14)30;10-7-3-1-6(8(12)5-7)2-4-9(11)13;10-7-3-1-6(8(11)5-7)2-4-9(12)13/h3-6,11,14,16,18,26H,1-2,7-10H2,(H,25,30)(H,27,31);1-5H;1-5H,(H,12,13)/b6-4+;2*4-2+/t14-,16-,18-;;/m0../s1. The van der Waals surface area contributed by atoms with Gasteiger partial charge in [-0.2, -0.15) is 5.26 Å². The maximum absolute atomic E-state index is 13.9. The van der Waals surface area contributed by atoms with Crippen LogP contribution in [-0.4, -0.2) is 64.2 Å². The summed E-state index contributed by atoms with van der Waals surface area (Å²) in [5.41, 5.74) is 3.56. The second kappa shape index (κ2) is 23.2. The van der Waals surface area contributed by atoms with Crippen molar-refractivity contribution >= 4 is 93.6 Å². The van der Waals surface area contributed by atoms with E-state index in [1.165, 1.54) is 71.8 Å². The van der Waals surface area contributed by atoms with E-state index < -0.39 is 52.6 Å². The van der Waals surface area contributed by atoms with Gasteiger partial charge in [-0.1, -0.05) is 53.0 Å². The number of rotatable bonds is 10. The van der Waals surface area contributed by atoms with Gasteiger partial charge in [0.05, 0.1) is 6.07 Å². The zero-order valence-corrected chi connectivity index (χ0v) is 32.7. The van der Waals surface area contributed by atoms with Crippen molar-refractivity contribution in [3.63, 3.8) is 0 Å². The van der Waals surface area contributed by atoms with E-state index in [1.807, 2.05) is 6.07 Å². The number of carboxylic acid groups (broad SMARTS) is 1. The van der Waals surface area contributed by atoms with E-state index in [-0.39, 0.29) is 45.0 Å². The topological polar surface area (TPSA) is 169 Å². The zero-order valence-electron chi connectivity index (χ0n) is 29.7. The van der Waals surface area contributed by atoms with E-state index in [9.17, 15) is 42.4 Å². The fourth-order valence-corrected chi connectivity index (χ4v) is 5.79. The minimum Gasteiger partial charge on any atom is -0.478 e. The normalized spacial score (nSPS) is 16.9. The largest absolute Gasteiger partial charge is 0.478 e. The summed E-state index contributed by atoms with van der Waals surface area (Å²) < 4.78 is 39.9. The van der Waals surface area contributed by atoms with Crippen LogP contribution in [0.25, 0.3) is 18.2 Å². The Labute approximate surface area is 345 Å². The minimum absolute atomic E-state index is 0.120. The molecule has 2 saturated heterocycles. The molecule has 3 amide bonds. The van der Waals surface area contributed by atoms with Crippen molar-refractivity contribution in [2.75, 3.05) is 13.1 Å². The Balaban J connectivity index is 0.000000274. The molecule has 0 radical (unpaired) electrons. The second-order valence-electron chi connectivity index (χ2n) is 12.1. The van der Waals surface area contributed by atoms with Gasteiger partial charge >= 0.3 is 5.97 Å². The van der Waals surface area contributed by atoms with Gasteiger partial charge < -0.3 is 15.7 Å². The number of nitrogens with one attached hydrogen (secondary N) is 3. The van der Waals surface area contributed by atoms with Gasteiger partial charge in [0, 0.05) is 62.9 Å². The first-order valence-corrected chi connectivity index (χ1v) is 18.4. The Morgan fingerprint density at radius 1 is 0.842 bits per heavy atom. The van der Waals surface area contributed by atoms with Crippen LogP contribution in [0.4, 0.5) is 13.2 Å². The van der Waals surface area contributed by atoms with Crippen molar-refractivity contribution in [2.45, 2.75) is 37.8 Å². The lowest BCUT2D eigenvalue weighted by atomic mass is 9.98. The highest BCUT2D eigenvalue weighted by atomic mass is 35.5. The molecule has 0 bridgehead atoms. The fraction of sp³-hybridized carbons (Fsp3) is 0.231. The Hall–Kier alpha value is -5.17. The van der Waals surface area contributed by atoms with Crippen molar-refractivity contribution in [2.24, 2.45) is 5.92 Å². The molecule has 0 saturated carbocycles. The van der Waals surface area contributed by atoms with Crippen molar-refractivity contribution in [3.05, 3.63) is 122 Å². The van der Waals surface area contributed by atoms with Gasteiger partial charge in [-0.05, 0) is 98.0 Å². The summed E-state index contributed by atoms with van der Waals surface area (Å²) in [5.74, 6) is -4.13. The highest BCUT2D eigenvalue weighted by Crippen LogP contribution is 2.20. The van der Waals surface area contributed by atoms with Gasteiger partial charge in [-0.25, -0.2) is 23.4 Å². The molecule has 0 unspecified atom stereocenters. The van der Waals surface area contributed by atoms with Crippen LogP contribution in [-0.2, 0) is 24.0 Å². The van der Waals surface area contributed by atoms with Crippen LogP contribution in [0.15, 0.2) is 72.8 Å². The van der Waals surface area contributed by atoms with E-state index in [1.54, 1.807) is 0 Å². The molecule has 300 valence electrons. The third-order valence-corrected chi connectivity index (χ3v) is 8.87. The Bertz CT molecular complexity index is 2020. The number of hydrazine groups is 1. The first-order valence-electron chi connectivity index (χ1n) is 16.9. The predicted molar refractivity (Wildman–Crippen MR) is 211 cm³/mol. The molecule has 3 aromatic carbocycles. The number of benzene rings is 3. The number of hydrogen-bond donors (Lipinski definition) is 4. The summed E-state index contributed by atoms with van der Waals surface area (Å²) in [7, 11) is 0. The Morgan fingerprint density at radius 2 is 1.35 bits per heavy atom. The number of allylic oxidation sites excluding steroid dienone is 1. The van der Waals surface area contributed by atoms with Gasteiger partial charge in [0.25, 0.3) is 5.91 Å². The van der Waals surface area contributed by atoms with Gasteiger partial charge in [0.2, 0.25) is 17.1 Å². The molecule has 11 nitrogen and oxygen atoms in total. The molecule has 0 aromatic heterocycles. The predicted octanol–water partition coefficient (Wildman–Crippen LogP) is 7.36. The average Bonchev–Trinajstić information content (AvgIpc) is 3.57. The lowest BCUT2D eigenvalue weighted by molar-refractivity contribution is -0.143. The van der Waals surface area contributed by atoms with Gasteiger partial charge in [-0.3, -0.25) is 24.2 Å². The molecule has 2 heterocycles. The van der Waals surface area contributed by atoms with Crippen molar-refractivity contribution in [3.8, 4) is 6.07 Å². The fourth-order valence-electron chi connectivity index (χ4n) is 5.25. The van der Waals surface area contributed by atoms with Crippen LogP contribution < -0.4 is 16.1 Å². The van der Waals surface area contributed by atoms with Crippen molar-refractivity contribution in [1.29, 1.82) is 5.26 Å². The summed E-state index contributed by atoms with van der Waals surface area (Å²) in [5, 5.41) is 24.4. The molecule has 18 heteroatoms. The molecule has 2 aliphatic rings. The highest BCUT2D eigenvalue weighted by molar-refractivity contribution is 6.66. The lowest BCUT2D eigenvalue weighted by Gasteiger charge is -2.35. The van der Waals surface area contributed by atoms with Crippen LogP contribution in [0, 0.1) is 34.7 Å². The van der Waals surface area contributed by atoms with Crippen LogP contribution in [0.3, 0.4) is 0 Å². The van der Waals surface area contributed by atoms with Gasteiger partial charge in [0.15, 0.2) is 0 Å². The molecule has 2 fully saturated rings. The number of hydrogen-bond acceptors (Lipinski definition) is 7. The number of nitriles is 1. The number of carbonyl (C=O) groups is 5. The first kappa shape index (κ1) is 46.2. The molecule has 4 N–H and O–H groups in total. The van der Waals surface area contributed by atoms with Crippen LogP contribution >= 0.6 is 46.4 Å². The van der Waals surface area contributed by atoms with Crippen molar-refractivity contribution in [1.82, 2.24) is 21.1 Å². The van der Waals surface area contributed by atoms with E-state index in [0.717, 1.165) is 24.3 Å². The number of carboxylic acids is 1. The SMILES string of the molecule is N#C[C@H](C[C@@H]1CCNC1=O)NC(=O)[C@@H]1CCCNN1C(=O)/C=C/c1ccc(Cl)cc1F.O=C(Cl)/C=C/c1ccc(Cl)cc1F.O=C(O)/C=C/c1ccc(Cl)cc1F. The average molecular weight is 868 g/mol. The number of carbonyl (C=O) groups excluding carboxylic acids is 4. The van der Waals surface area contributed by atoms with E-state index >= 15 is 0 Å². The molecule has 3 aromatic rings. The van der Waals surface area contributed by atoms with Gasteiger partial charge in [-0.15, -0.1) is 0 Å². The molecular formula is C39H34Cl4F3N5O6. The highest BCUT2D eigenvalue weighted by Gasteiger charge is 2.34. The smallest absolute Gasteiger partial charge is 0.328 e. The molecule has 2 aliphatic heterocycles. The lowest BCUT2D eigenvalue weighted by Crippen LogP contribution is -2.59. The minimum atomic E-state index is -1.12. The number of amides is 3. The number of nitrogens with zero attached hydrogens (tertiary/aromatic N) is 2. The van der Waals surface area contributed by atoms with Crippen LogP contribution in [0.1, 0.15) is 42.4 Å². The van der Waals surface area contributed by atoms with Crippen LogP contribution in [0.2, 0.25) is 15.1 Å². The van der Waals surface area contributed by atoms with E-state index in [4.69, 9.17) is 51.5 Å². The number of aliphatic carboxylic acids is 1. The Morgan fingerprint density at radius 3 is 1.79 bits per heavy atom. The molecular weight excluding hydrogens is 833 g/mol. The molecule has 5 rings (SSSR count). The maximum atomic E-state index is 13.9. The third-order valence-electron chi connectivity index (χ3n) is 8.04. The monoisotopic (exact) mass is 865 g/mol. The summed E-state index contributed by atoms with van der Waals surface area (Å²) >= 11 is 21.8. The van der Waals surface area contributed by atoms with Gasteiger partial charge in [0.1, 0.15) is 29.5 Å². The first-order chi connectivity index (χ1) is 27.1. The summed E-state index contributed by atoms with van der Waals surface area (Å²) in [6, 6.07) is 12.7. The van der Waals surface area contributed by atoms with Crippen LogP contribution in [0.5, 0.6) is 0 Å². The van der Waals surface area contributed by atoms with E-state index in [2.05, 4.69) is 16.1 Å².